The van der Waals surface area contributed by atoms with Crippen molar-refractivity contribution < 1.29 is 13.9 Å². The van der Waals surface area contributed by atoms with E-state index in [0.29, 0.717) is 0 Å². The van der Waals surface area contributed by atoms with Crippen molar-refractivity contribution in [2.75, 3.05) is 13.7 Å². The predicted molar refractivity (Wildman–Crippen MR) is 56.5 cm³/mol. The molecule has 1 N–H and O–H groups in total. The van der Waals surface area contributed by atoms with E-state index in [2.05, 4.69) is 5.32 Å². The van der Waals surface area contributed by atoms with Gasteiger partial charge >= 0.3 is 0 Å². The highest BCUT2D eigenvalue weighted by atomic mass is 16.5. The Bertz CT molecular complexity index is 282. The van der Waals surface area contributed by atoms with Gasteiger partial charge in [-0.25, -0.2) is 0 Å². The summed E-state index contributed by atoms with van der Waals surface area (Å²) in [7, 11) is 1.51. The summed E-state index contributed by atoms with van der Waals surface area (Å²) in [5.41, 5.74) is 0. The molecule has 0 aromatic carbocycles. The molecule has 4 heteroatoms. The van der Waals surface area contributed by atoms with E-state index < -0.39 is 0 Å². The molecule has 0 saturated carbocycles. The fourth-order valence-corrected chi connectivity index (χ4v) is 1.33. The van der Waals surface area contributed by atoms with E-state index in [1.54, 1.807) is 6.26 Å². The number of nitrogens with one attached hydrogen (secondary N) is 1. The summed E-state index contributed by atoms with van der Waals surface area (Å²) >= 11 is 0. The van der Waals surface area contributed by atoms with Gasteiger partial charge in [0.05, 0.1) is 6.26 Å². The molecule has 0 aliphatic carbocycles. The Balaban J connectivity index is 2.18. The molecule has 0 bridgehead atoms. The first kappa shape index (κ1) is 11.8. The second kappa shape index (κ2) is 6.24. The summed E-state index contributed by atoms with van der Waals surface area (Å²) in [5.74, 6) is 0.868. The minimum atomic E-state index is -0.0792. The second-order valence-electron chi connectivity index (χ2n) is 3.52. The van der Waals surface area contributed by atoms with Crippen LogP contribution in [-0.4, -0.2) is 25.7 Å². The van der Waals surface area contributed by atoms with E-state index in [-0.39, 0.29) is 18.6 Å². The minimum Gasteiger partial charge on any atom is -0.469 e. The van der Waals surface area contributed by atoms with Gasteiger partial charge in [0, 0.05) is 19.6 Å². The fraction of sp³-hybridized carbons (Fsp3) is 0.545. The van der Waals surface area contributed by atoms with Crippen molar-refractivity contribution >= 4 is 5.91 Å². The Labute approximate surface area is 89.6 Å². The highest BCUT2D eigenvalue weighted by Crippen LogP contribution is 2.05. The van der Waals surface area contributed by atoms with Gasteiger partial charge in [0.1, 0.15) is 12.4 Å². The molecule has 84 valence electrons. The molecule has 15 heavy (non-hydrogen) atoms. The van der Waals surface area contributed by atoms with E-state index in [4.69, 9.17) is 9.15 Å². The van der Waals surface area contributed by atoms with Crippen LogP contribution in [0.2, 0.25) is 0 Å². The lowest BCUT2D eigenvalue weighted by atomic mass is 10.1. The van der Waals surface area contributed by atoms with Gasteiger partial charge in [0.2, 0.25) is 5.91 Å². The fourth-order valence-electron chi connectivity index (χ4n) is 1.33. The summed E-state index contributed by atoms with van der Waals surface area (Å²) in [6.45, 7) is 2.08. The van der Waals surface area contributed by atoms with Crippen molar-refractivity contribution in [3.8, 4) is 0 Å². The number of furan rings is 1. The van der Waals surface area contributed by atoms with Gasteiger partial charge in [-0.1, -0.05) is 0 Å². The van der Waals surface area contributed by atoms with Gasteiger partial charge in [0.25, 0.3) is 0 Å². The van der Waals surface area contributed by atoms with Gasteiger partial charge in [-0.05, 0) is 25.5 Å². The van der Waals surface area contributed by atoms with Crippen LogP contribution in [0.1, 0.15) is 19.1 Å². The van der Waals surface area contributed by atoms with E-state index in [1.165, 1.54) is 7.11 Å². The lowest BCUT2D eigenvalue weighted by Crippen LogP contribution is -2.35. The normalized spacial score (nSPS) is 12.4. The number of rotatable bonds is 6. The smallest absolute Gasteiger partial charge is 0.246 e. The Hall–Kier alpha value is -1.29. The van der Waals surface area contributed by atoms with Crippen LogP contribution < -0.4 is 5.32 Å². The van der Waals surface area contributed by atoms with Gasteiger partial charge in [0.15, 0.2) is 0 Å². The molecule has 4 nitrogen and oxygen atoms in total. The average Bonchev–Trinajstić information content (AvgIpc) is 2.67. The first-order valence-corrected chi connectivity index (χ1v) is 5.03. The Morgan fingerprint density at radius 2 is 2.47 bits per heavy atom. The zero-order chi connectivity index (χ0) is 11.1. The van der Waals surface area contributed by atoms with E-state index >= 15 is 0 Å². The van der Waals surface area contributed by atoms with Crippen LogP contribution in [0.3, 0.4) is 0 Å². The lowest BCUT2D eigenvalue weighted by Gasteiger charge is -2.12. The van der Waals surface area contributed by atoms with Gasteiger partial charge in [-0.3, -0.25) is 4.79 Å². The number of hydrogen-bond acceptors (Lipinski definition) is 3. The average molecular weight is 211 g/mol. The predicted octanol–water partition coefficient (Wildman–Crippen LogP) is 1.36. The van der Waals surface area contributed by atoms with Gasteiger partial charge in [-0.2, -0.15) is 0 Å². The lowest BCUT2D eigenvalue weighted by molar-refractivity contribution is -0.125. The Morgan fingerprint density at radius 3 is 3.07 bits per heavy atom. The Morgan fingerprint density at radius 1 is 1.67 bits per heavy atom. The number of methoxy groups -OCH3 is 1. The van der Waals surface area contributed by atoms with Crippen LogP contribution in [0.25, 0.3) is 0 Å². The van der Waals surface area contributed by atoms with Crippen LogP contribution in [0, 0.1) is 0 Å². The number of carbonyl (C=O) groups is 1. The van der Waals surface area contributed by atoms with E-state index in [1.807, 2.05) is 19.1 Å². The largest absolute Gasteiger partial charge is 0.469 e. The van der Waals surface area contributed by atoms with Crippen molar-refractivity contribution in [3.63, 3.8) is 0 Å². The molecule has 0 unspecified atom stereocenters. The van der Waals surface area contributed by atoms with Crippen molar-refractivity contribution in [3.05, 3.63) is 24.2 Å². The van der Waals surface area contributed by atoms with Crippen molar-refractivity contribution in [2.24, 2.45) is 0 Å². The summed E-state index contributed by atoms with van der Waals surface area (Å²) < 4.78 is 9.92. The van der Waals surface area contributed by atoms with Crippen LogP contribution >= 0.6 is 0 Å². The minimum absolute atomic E-state index is 0.0792. The van der Waals surface area contributed by atoms with Crippen LogP contribution in [0.5, 0.6) is 0 Å². The number of hydrogen-bond donors (Lipinski definition) is 1. The topological polar surface area (TPSA) is 51.5 Å². The zero-order valence-corrected chi connectivity index (χ0v) is 9.16. The summed E-state index contributed by atoms with van der Waals surface area (Å²) in [6, 6.07) is 3.94. The van der Waals surface area contributed by atoms with Crippen molar-refractivity contribution in [1.82, 2.24) is 5.32 Å². The first-order valence-electron chi connectivity index (χ1n) is 5.03. The number of aryl methyl sites for hydroxylation is 1. The molecule has 0 radical (unpaired) electrons. The number of ether oxygens (including phenoxy) is 1. The third-order valence-corrected chi connectivity index (χ3v) is 2.09. The van der Waals surface area contributed by atoms with Gasteiger partial charge < -0.3 is 14.5 Å². The zero-order valence-electron chi connectivity index (χ0n) is 9.16. The molecule has 1 atom stereocenters. The third kappa shape index (κ3) is 4.65. The summed E-state index contributed by atoms with van der Waals surface area (Å²) in [5, 5.41) is 2.84. The molecule has 0 spiro atoms. The molecule has 1 aromatic heterocycles. The molecule has 1 amide bonds. The second-order valence-corrected chi connectivity index (χ2v) is 3.52. The van der Waals surface area contributed by atoms with Crippen molar-refractivity contribution in [2.45, 2.75) is 25.8 Å². The maximum atomic E-state index is 11.2. The number of amides is 1. The maximum absolute atomic E-state index is 11.2. The SMILES string of the molecule is COCC(=O)N[C@@H](C)CCc1ccco1. The standard InChI is InChI=1S/C11H17NO3/c1-9(12-11(13)8-14-2)5-6-10-4-3-7-15-10/h3-4,7,9H,5-6,8H2,1-2H3,(H,12,13)/t9-/m0/s1. The molecule has 0 saturated heterocycles. The molecule has 0 fully saturated rings. The number of carbonyl (C=O) groups excluding carboxylic acids is 1. The molecule has 0 aliphatic rings. The Kier molecular flexibility index (Phi) is 4.90. The monoisotopic (exact) mass is 211 g/mol. The van der Waals surface area contributed by atoms with E-state index in [9.17, 15) is 4.79 Å². The molecular weight excluding hydrogens is 194 g/mol. The van der Waals surface area contributed by atoms with Gasteiger partial charge in [-0.15, -0.1) is 0 Å². The highest BCUT2D eigenvalue weighted by molar-refractivity contribution is 5.77. The highest BCUT2D eigenvalue weighted by Gasteiger charge is 2.07. The molecule has 1 aromatic rings. The first-order chi connectivity index (χ1) is 7.22. The molecule has 1 rings (SSSR count). The quantitative estimate of drug-likeness (QED) is 0.773. The van der Waals surface area contributed by atoms with Crippen molar-refractivity contribution in [1.29, 1.82) is 0 Å². The van der Waals surface area contributed by atoms with Crippen LogP contribution in [0.4, 0.5) is 0 Å². The van der Waals surface area contributed by atoms with E-state index in [0.717, 1.165) is 18.6 Å². The maximum Gasteiger partial charge on any atom is 0.246 e. The summed E-state index contributed by atoms with van der Waals surface area (Å²) in [4.78, 5) is 11.2. The summed E-state index contributed by atoms with van der Waals surface area (Å²) in [6.07, 6.45) is 3.36. The molecule has 0 aliphatic heterocycles. The van der Waals surface area contributed by atoms with Crippen LogP contribution in [0.15, 0.2) is 22.8 Å². The molecule has 1 heterocycles. The van der Waals surface area contributed by atoms with Crippen LogP contribution in [-0.2, 0) is 16.0 Å². The third-order valence-electron chi connectivity index (χ3n) is 2.09. The molecular formula is C11H17NO3.